The highest BCUT2D eigenvalue weighted by molar-refractivity contribution is 9.10. The van der Waals surface area contributed by atoms with E-state index >= 15 is 0 Å². The van der Waals surface area contributed by atoms with E-state index in [4.69, 9.17) is 0 Å². The molecule has 144 valence electrons. The van der Waals surface area contributed by atoms with Crippen LogP contribution in [0.5, 0.6) is 0 Å². The Hall–Kier alpha value is -2.35. The van der Waals surface area contributed by atoms with Gasteiger partial charge in [0.25, 0.3) is 0 Å². The van der Waals surface area contributed by atoms with Gasteiger partial charge < -0.3 is 10.6 Å². The molecule has 2 amide bonds. The Balaban J connectivity index is 2.16. The van der Waals surface area contributed by atoms with Crippen molar-refractivity contribution in [2.75, 3.05) is 5.32 Å². The lowest BCUT2D eigenvalue weighted by molar-refractivity contribution is -0.138. The van der Waals surface area contributed by atoms with Gasteiger partial charge in [0.05, 0.1) is 18.0 Å². The SMILES string of the molecule is CC(=O)NC(CC(=O)Nc1ccc(Br)c(C(F)(F)F)c1)c1ccc(C)cc1. The molecule has 8 heteroatoms. The first-order chi connectivity index (χ1) is 12.6. The fourth-order valence-electron chi connectivity index (χ4n) is 2.51. The van der Waals surface area contributed by atoms with E-state index in [9.17, 15) is 22.8 Å². The first-order valence-electron chi connectivity index (χ1n) is 8.06. The molecule has 2 N–H and O–H groups in total. The third-order valence-electron chi connectivity index (χ3n) is 3.80. The minimum Gasteiger partial charge on any atom is -0.349 e. The number of alkyl halides is 3. The van der Waals surface area contributed by atoms with Crippen LogP contribution in [0.25, 0.3) is 0 Å². The predicted octanol–water partition coefficient (Wildman–Crippen LogP) is 4.98. The molecule has 0 aliphatic rings. The van der Waals surface area contributed by atoms with E-state index in [0.717, 1.165) is 17.2 Å². The third kappa shape index (κ3) is 6.09. The van der Waals surface area contributed by atoms with Crippen LogP contribution in [0.15, 0.2) is 46.9 Å². The topological polar surface area (TPSA) is 58.2 Å². The molecule has 0 heterocycles. The number of halogens is 4. The molecule has 0 saturated carbocycles. The Bertz CT molecular complexity index is 836. The molecule has 2 aromatic carbocycles. The summed E-state index contributed by atoms with van der Waals surface area (Å²) >= 11 is 2.86. The summed E-state index contributed by atoms with van der Waals surface area (Å²) in [5.41, 5.74) is 0.912. The van der Waals surface area contributed by atoms with Crippen LogP contribution in [0.4, 0.5) is 18.9 Å². The molecule has 0 fully saturated rings. The van der Waals surface area contributed by atoms with Crippen molar-refractivity contribution in [3.8, 4) is 0 Å². The van der Waals surface area contributed by atoms with Crippen molar-refractivity contribution >= 4 is 33.4 Å². The number of hydrogen-bond acceptors (Lipinski definition) is 2. The molecule has 1 atom stereocenters. The minimum atomic E-state index is -4.54. The zero-order valence-corrected chi connectivity index (χ0v) is 16.2. The summed E-state index contributed by atoms with van der Waals surface area (Å²) in [5.74, 6) is -0.818. The summed E-state index contributed by atoms with van der Waals surface area (Å²) in [4.78, 5) is 23.8. The number of carbonyl (C=O) groups is 2. The molecule has 27 heavy (non-hydrogen) atoms. The molecule has 0 aliphatic carbocycles. The average molecular weight is 443 g/mol. The van der Waals surface area contributed by atoms with Gasteiger partial charge in [-0.2, -0.15) is 13.2 Å². The van der Waals surface area contributed by atoms with Gasteiger partial charge in [0.1, 0.15) is 0 Å². The van der Waals surface area contributed by atoms with Crippen LogP contribution < -0.4 is 10.6 Å². The Labute approximate surface area is 163 Å². The zero-order chi connectivity index (χ0) is 20.2. The second kappa shape index (κ2) is 8.56. The zero-order valence-electron chi connectivity index (χ0n) is 14.7. The Morgan fingerprint density at radius 2 is 1.74 bits per heavy atom. The lowest BCUT2D eigenvalue weighted by Gasteiger charge is -2.19. The van der Waals surface area contributed by atoms with Crippen LogP contribution in [-0.2, 0) is 15.8 Å². The Kier molecular flexibility index (Phi) is 6.64. The van der Waals surface area contributed by atoms with E-state index in [0.29, 0.717) is 0 Å². The van der Waals surface area contributed by atoms with Crippen LogP contribution in [0, 0.1) is 6.92 Å². The normalized spacial score (nSPS) is 12.4. The molecule has 2 aromatic rings. The first-order valence-corrected chi connectivity index (χ1v) is 8.86. The van der Waals surface area contributed by atoms with E-state index in [-0.39, 0.29) is 22.5 Å². The summed E-state index contributed by atoms with van der Waals surface area (Å²) in [6.07, 6.45) is -4.65. The molecule has 0 spiro atoms. The highest BCUT2D eigenvalue weighted by Crippen LogP contribution is 2.36. The largest absolute Gasteiger partial charge is 0.417 e. The molecule has 2 rings (SSSR count). The maximum atomic E-state index is 13.0. The van der Waals surface area contributed by atoms with Crippen molar-refractivity contribution in [2.45, 2.75) is 32.5 Å². The first kappa shape index (κ1) is 21.0. The fraction of sp³-hybridized carbons (Fsp3) is 0.263. The molecule has 0 aromatic heterocycles. The number of carbonyl (C=O) groups excluding carboxylic acids is 2. The van der Waals surface area contributed by atoms with Crippen molar-refractivity contribution in [3.05, 3.63) is 63.6 Å². The van der Waals surface area contributed by atoms with E-state index in [1.807, 2.05) is 19.1 Å². The van der Waals surface area contributed by atoms with Gasteiger partial charge in [-0.1, -0.05) is 45.8 Å². The smallest absolute Gasteiger partial charge is 0.349 e. The Morgan fingerprint density at radius 3 is 2.30 bits per heavy atom. The third-order valence-corrected chi connectivity index (χ3v) is 4.49. The van der Waals surface area contributed by atoms with Crippen LogP contribution in [0.1, 0.15) is 36.1 Å². The van der Waals surface area contributed by atoms with Crippen molar-refractivity contribution in [3.63, 3.8) is 0 Å². The highest BCUT2D eigenvalue weighted by atomic mass is 79.9. The number of nitrogens with one attached hydrogen (secondary N) is 2. The molecular weight excluding hydrogens is 425 g/mol. The molecule has 1 unspecified atom stereocenters. The molecule has 0 bridgehead atoms. The number of benzene rings is 2. The van der Waals surface area contributed by atoms with Gasteiger partial charge in [-0.25, -0.2) is 0 Å². The summed E-state index contributed by atoms with van der Waals surface area (Å²) in [7, 11) is 0. The molecule has 0 radical (unpaired) electrons. The van der Waals surface area contributed by atoms with Crippen LogP contribution in [0.2, 0.25) is 0 Å². The predicted molar refractivity (Wildman–Crippen MR) is 100 cm³/mol. The number of rotatable bonds is 5. The number of hydrogen-bond donors (Lipinski definition) is 2. The van der Waals surface area contributed by atoms with Crippen LogP contribution in [-0.4, -0.2) is 11.8 Å². The number of anilines is 1. The molecular formula is C19H18BrF3N2O2. The van der Waals surface area contributed by atoms with Crippen molar-refractivity contribution < 1.29 is 22.8 Å². The van der Waals surface area contributed by atoms with Crippen molar-refractivity contribution in [1.29, 1.82) is 0 Å². The van der Waals surface area contributed by atoms with Crippen LogP contribution in [0.3, 0.4) is 0 Å². The lowest BCUT2D eigenvalue weighted by atomic mass is 10.0. The lowest BCUT2D eigenvalue weighted by Crippen LogP contribution is -2.29. The minimum absolute atomic E-state index is 0.0287. The summed E-state index contributed by atoms with van der Waals surface area (Å²) in [5, 5.41) is 5.15. The van der Waals surface area contributed by atoms with E-state index in [1.54, 1.807) is 12.1 Å². The quantitative estimate of drug-likeness (QED) is 0.685. The highest BCUT2D eigenvalue weighted by Gasteiger charge is 2.33. The number of aryl methyl sites for hydroxylation is 1. The van der Waals surface area contributed by atoms with Gasteiger partial charge in [0, 0.05) is 17.1 Å². The molecule has 0 aliphatic heterocycles. The van der Waals surface area contributed by atoms with Gasteiger partial charge >= 0.3 is 6.18 Å². The van der Waals surface area contributed by atoms with Gasteiger partial charge in [0.15, 0.2) is 0 Å². The van der Waals surface area contributed by atoms with Crippen molar-refractivity contribution in [2.24, 2.45) is 0 Å². The molecule has 0 saturated heterocycles. The maximum absolute atomic E-state index is 13.0. The summed E-state index contributed by atoms with van der Waals surface area (Å²) < 4.78 is 38.8. The van der Waals surface area contributed by atoms with Gasteiger partial charge in [-0.15, -0.1) is 0 Å². The second-order valence-electron chi connectivity index (χ2n) is 6.11. The summed E-state index contributed by atoms with van der Waals surface area (Å²) in [6, 6.07) is 10.2. The van der Waals surface area contributed by atoms with Gasteiger partial charge in [0.2, 0.25) is 11.8 Å². The van der Waals surface area contributed by atoms with E-state index < -0.39 is 23.7 Å². The van der Waals surface area contributed by atoms with Crippen LogP contribution >= 0.6 is 15.9 Å². The van der Waals surface area contributed by atoms with Gasteiger partial charge in [-0.05, 0) is 30.7 Å². The summed E-state index contributed by atoms with van der Waals surface area (Å²) in [6.45, 7) is 3.25. The number of amides is 2. The fourth-order valence-corrected chi connectivity index (χ4v) is 2.99. The monoisotopic (exact) mass is 442 g/mol. The Morgan fingerprint density at radius 1 is 1.11 bits per heavy atom. The second-order valence-corrected chi connectivity index (χ2v) is 6.96. The average Bonchev–Trinajstić information content (AvgIpc) is 2.55. The standard InChI is InChI=1S/C19H18BrF3N2O2/c1-11-3-5-13(6-4-11)17(24-12(2)26)10-18(27)25-14-7-8-16(20)15(9-14)19(21,22)23/h3-9,17H,10H2,1-2H3,(H,24,26)(H,25,27). The maximum Gasteiger partial charge on any atom is 0.417 e. The van der Waals surface area contributed by atoms with Crippen molar-refractivity contribution in [1.82, 2.24) is 5.32 Å². The van der Waals surface area contributed by atoms with E-state index in [2.05, 4.69) is 26.6 Å². The molecule has 4 nitrogen and oxygen atoms in total. The van der Waals surface area contributed by atoms with Gasteiger partial charge in [-0.3, -0.25) is 9.59 Å². The van der Waals surface area contributed by atoms with E-state index in [1.165, 1.54) is 19.1 Å².